The highest BCUT2D eigenvalue weighted by Gasteiger charge is 2.10. The first-order valence-corrected chi connectivity index (χ1v) is 13.5. The van der Waals surface area contributed by atoms with Crippen LogP contribution in [-0.2, 0) is 0 Å². The summed E-state index contributed by atoms with van der Waals surface area (Å²) < 4.78 is 0. The van der Waals surface area contributed by atoms with Crippen LogP contribution in [-0.4, -0.2) is 34.8 Å². The SMILES string of the molecule is Cc1cc(N)ccc1Nc1nccc(-c2cccnc2)n1.Cc1cc([N+](=O)[O-])ccc1Nc1nccc(-c2cccnc2)n1. The van der Waals surface area contributed by atoms with Crippen LogP contribution < -0.4 is 16.4 Å². The van der Waals surface area contributed by atoms with E-state index >= 15 is 0 Å². The van der Waals surface area contributed by atoms with Crippen molar-refractivity contribution in [3.63, 3.8) is 0 Å². The van der Waals surface area contributed by atoms with Crippen molar-refractivity contribution in [3.8, 4) is 22.5 Å². The zero-order chi connectivity index (χ0) is 30.9. The van der Waals surface area contributed by atoms with Crippen LogP contribution in [0.4, 0.5) is 34.6 Å². The Balaban J connectivity index is 0.000000175. The number of nitrogen functional groups attached to an aromatic ring is 1. The molecular weight excluding hydrogens is 556 g/mol. The molecular formula is C32H28N10O2. The number of rotatable bonds is 7. The highest BCUT2D eigenvalue weighted by molar-refractivity contribution is 5.65. The number of hydrogen-bond acceptors (Lipinski definition) is 11. The molecule has 0 bridgehead atoms. The van der Waals surface area contributed by atoms with Gasteiger partial charge in [-0.05, 0) is 85.6 Å². The monoisotopic (exact) mass is 584 g/mol. The number of anilines is 5. The number of nitrogens with one attached hydrogen (secondary N) is 2. The molecule has 4 N–H and O–H groups in total. The van der Waals surface area contributed by atoms with Crippen molar-refractivity contribution in [1.82, 2.24) is 29.9 Å². The predicted molar refractivity (Wildman–Crippen MR) is 171 cm³/mol. The maximum absolute atomic E-state index is 10.8. The van der Waals surface area contributed by atoms with Gasteiger partial charge in [-0.3, -0.25) is 20.1 Å². The maximum Gasteiger partial charge on any atom is 0.269 e. The first-order valence-electron chi connectivity index (χ1n) is 13.5. The van der Waals surface area contributed by atoms with Crippen LogP contribution in [0.25, 0.3) is 22.5 Å². The summed E-state index contributed by atoms with van der Waals surface area (Å²) in [6.07, 6.45) is 10.3. The van der Waals surface area contributed by atoms with Crippen molar-refractivity contribution < 1.29 is 4.92 Å². The molecule has 0 spiro atoms. The molecule has 0 saturated heterocycles. The summed E-state index contributed by atoms with van der Waals surface area (Å²) in [6, 6.07) is 21.5. The fourth-order valence-electron chi connectivity index (χ4n) is 4.16. The van der Waals surface area contributed by atoms with Gasteiger partial charge in [0.15, 0.2) is 0 Å². The van der Waals surface area contributed by atoms with Gasteiger partial charge in [0.2, 0.25) is 11.9 Å². The second kappa shape index (κ2) is 13.6. The minimum atomic E-state index is -0.420. The van der Waals surface area contributed by atoms with Crippen LogP contribution in [0.1, 0.15) is 11.1 Å². The summed E-state index contributed by atoms with van der Waals surface area (Å²) in [5.41, 5.74) is 13.4. The van der Waals surface area contributed by atoms with Gasteiger partial charge in [0.05, 0.1) is 16.3 Å². The average molecular weight is 585 g/mol. The van der Waals surface area contributed by atoms with E-state index in [1.165, 1.54) is 12.1 Å². The molecule has 44 heavy (non-hydrogen) atoms. The Morgan fingerprint density at radius 3 is 1.66 bits per heavy atom. The fraction of sp³-hybridized carbons (Fsp3) is 0.0625. The van der Waals surface area contributed by atoms with Crippen LogP contribution in [0.3, 0.4) is 0 Å². The predicted octanol–water partition coefficient (Wildman–Crippen LogP) is 6.67. The third kappa shape index (κ3) is 7.50. The minimum absolute atomic E-state index is 0.0538. The van der Waals surface area contributed by atoms with Crippen molar-refractivity contribution in [1.29, 1.82) is 0 Å². The lowest BCUT2D eigenvalue weighted by atomic mass is 10.2. The number of non-ortho nitro benzene ring substituents is 1. The molecule has 0 aliphatic carbocycles. The van der Waals surface area contributed by atoms with Crippen LogP contribution in [0.15, 0.2) is 110 Å². The Kier molecular flexibility index (Phi) is 9.01. The van der Waals surface area contributed by atoms with Gasteiger partial charge < -0.3 is 16.4 Å². The second-order valence-corrected chi connectivity index (χ2v) is 9.60. The third-order valence-corrected chi connectivity index (χ3v) is 6.39. The zero-order valence-electron chi connectivity index (χ0n) is 23.9. The lowest BCUT2D eigenvalue weighted by molar-refractivity contribution is -0.384. The van der Waals surface area contributed by atoms with Gasteiger partial charge in [0.1, 0.15) is 0 Å². The summed E-state index contributed by atoms with van der Waals surface area (Å²) >= 11 is 0. The van der Waals surface area contributed by atoms with Crippen molar-refractivity contribution in [2.24, 2.45) is 0 Å². The smallest absolute Gasteiger partial charge is 0.269 e. The Morgan fingerprint density at radius 1 is 0.682 bits per heavy atom. The van der Waals surface area contributed by atoms with Crippen molar-refractivity contribution in [3.05, 3.63) is 131 Å². The summed E-state index contributed by atoms with van der Waals surface area (Å²) in [5, 5.41) is 17.1. The van der Waals surface area contributed by atoms with E-state index in [1.807, 2.05) is 55.5 Å². The molecule has 0 amide bonds. The van der Waals surface area contributed by atoms with Crippen molar-refractivity contribution in [2.45, 2.75) is 13.8 Å². The van der Waals surface area contributed by atoms with Gasteiger partial charge in [0.25, 0.3) is 5.69 Å². The summed E-state index contributed by atoms with van der Waals surface area (Å²) in [5.74, 6) is 0.965. The highest BCUT2D eigenvalue weighted by atomic mass is 16.6. The molecule has 6 rings (SSSR count). The Labute approximate surface area is 253 Å². The van der Waals surface area contributed by atoms with Crippen LogP contribution in [0, 0.1) is 24.0 Å². The van der Waals surface area contributed by atoms with Gasteiger partial charge in [-0.2, -0.15) is 0 Å². The number of aromatic nitrogens is 6. The topological polar surface area (TPSA) is 171 Å². The lowest BCUT2D eigenvalue weighted by Crippen LogP contribution is -2.00. The third-order valence-electron chi connectivity index (χ3n) is 6.39. The maximum atomic E-state index is 10.8. The Hall–Kier alpha value is -6.30. The van der Waals surface area contributed by atoms with Crippen LogP contribution >= 0.6 is 0 Å². The average Bonchev–Trinajstić information content (AvgIpc) is 3.05. The standard InChI is InChI=1S/C16H13N5O2.C16H15N5/c1-11-9-13(21(22)23)4-5-14(11)19-16-18-8-6-15(20-16)12-3-2-7-17-10-12;1-11-9-13(17)4-5-14(11)20-16-19-8-6-15(21-16)12-3-2-7-18-10-12/h2-10H,1H3,(H,18,19,20);2-10H,17H2,1H3,(H,19,20,21). The van der Waals surface area contributed by atoms with Gasteiger partial charge in [-0.25, -0.2) is 19.9 Å². The molecule has 0 aliphatic heterocycles. The van der Waals surface area contributed by atoms with E-state index in [0.717, 1.165) is 50.7 Å². The summed E-state index contributed by atoms with van der Waals surface area (Å²) in [7, 11) is 0. The molecule has 0 atom stereocenters. The highest BCUT2D eigenvalue weighted by Crippen LogP contribution is 2.25. The molecule has 12 nitrogen and oxygen atoms in total. The van der Waals surface area contributed by atoms with Crippen LogP contribution in [0.2, 0.25) is 0 Å². The lowest BCUT2D eigenvalue weighted by Gasteiger charge is -2.09. The number of hydrogen-bond donors (Lipinski definition) is 3. The van der Waals surface area contributed by atoms with E-state index < -0.39 is 4.92 Å². The van der Waals surface area contributed by atoms with Gasteiger partial charge >= 0.3 is 0 Å². The summed E-state index contributed by atoms with van der Waals surface area (Å²) in [6.45, 7) is 3.78. The first kappa shape index (κ1) is 29.2. The number of nitro groups is 1. The van der Waals surface area contributed by atoms with E-state index in [9.17, 15) is 10.1 Å². The quantitative estimate of drug-likeness (QED) is 0.104. The molecule has 4 aromatic heterocycles. The molecule has 0 aliphatic rings. The van der Waals surface area contributed by atoms with E-state index in [0.29, 0.717) is 11.9 Å². The van der Waals surface area contributed by atoms with E-state index in [4.69, 9.17) is 5.73 Å². The number of benzene rings is 2. The number of nitro benzene ring substituents is 1. The first-order chi connectivity index (χ1) is 21.4. The zero-order valence-corrected chi connectivity index (χ0v) is 23.9. The summed E-state index contributed by atoms with van der Waals surface area (Å²) in [4.78, 5) is 35.9. The Bertz CT molecular complexity index is 1890. The molecule has 12 heteroatoms. The molecule has 0 radical (unpaired) electrons. The number of nitrogens with two attached hydrogens (primary N) is 1. The molecule has 0 unspecified atom stereocenters. The molecule has 2 aromatic carbocycles. The fourth-order valence-corrected chi connectivity index (χ4v) is 4.16. The van der Waals surface area contributed by atoms with Crippen molar-refractivity contribution in [2.75, 3.05) is 16.4 Å². The second-order valence-electron chi connectivity index (χ2n) is 9.60. The van der Waals surface area contributed by atoms with E-state index in [1.54, 1.807) is 56.2 Å². The van der Waals surface area contributed by atoms with Gasteiger partial charge in [-0.1, -0.05) is 0 Å². The molecule has 0 saturated carbocycles. The van der Waals surface area contributed by atoms with Crippen LogP contribution in [0.5, 0.6) is 0 Å². The molecule has 4 heterocycles. The van der Waals surface area contributed by atoms with Gasteiger partial charge in [0, 0.05) is 77.5 Å². The van der Waals surface area contributed by atoms with E-state index in [-0.39, 0.29) is 5.69 Å². The van der Waals surface area contributed by atoms with Crippen molar-refractivity contribution >= 4 is 34.6 Å². The number of aryl methyl sites for hydroxylation is 2. The normalized spacial score (nSPS) is 10.3. The van der Waals surface area contributed by atoms with Gasteiger partial charge in [-0.15, -0.1) is 0 Å². The van der Waals surface area contributed by atoms with E-state index in [2.05, 4.69) is 40.5 Å². The molecule has 0 fully saturated rings. The number of pyridine rings is 2. The Morgan fingerprint density at radius 2 is 1.20 bits per heavy atom. The molecule has 6 aromatic rings. The number of nitrogens with zero attached hydrogens (tertiary/aromatic N) is 7. The largest absolute Gasteiger partial charge is 0.399 e. The molecule has 218 valence electrons. The minimum Gasteiger partial charge on any atom is -0.399 e.